The number of ether oxygens (including phenoxy) is 2. The van der Waals surface area contributed by atoms with Crippen molar-refractivity contribution < 1.29 is 19.1 Å². The third-order valence-electron chi connectivity index (χ3n) is 12.8. The number of benzene rings is 2. The molecule has 67 heavy (non-hydrogen) atoms. The number of hydrogen-bond donors (Lipinski definition) is 3. The minimum atomic E-state index is -0.0840. The molecule has 4 aromatic rings. The molecule has 2 amide bonds. The average Bonchev–Trinajstić information content (AvgIpc) is 4.14. The molecular weight excluding hydrogens is 866 g/mol. The van der Waals surface area contributed by atoms with Crippen LogP contribution in [-0.4, -0.2) is 106 Å². The lowest BCUT2D eigenvalue weighted by Crippen LogP contribution is -2.43. The highest BCUT2D eigenvalue weighted by Gasteiger charge is 2.50. The number of carbonyl (C=O) groups is 2. The number of halogens is 1. The van der Waals surface area contributed by atoms with E-state index in [1.807, 2.05) is 96.7 Å². The van der Waals surface area contributed by atoms with Gasteiger partial charge in [-0.1, -0.05) is 42.5 Å². The molecule has 2 aromatic carbocycles. The smallest absolute Gasteiger partial charge is 0.227 e. The summed E-state index contributed by atoms with van der Waals surface area (Å²) in [7, 11) is 7.27. The van der Waals surface area contributed by atoms with Crippen LogP contribution in [0.4, 0.5) is 28.7 Å². The number of aliphatic imine (C=N–C) groups is 2. The van der Waals surface area contributed by atoms with Crippen LogP contribution in [0.3, 0.4) is 0 Å². The molecule has 352 valence electrons. The summed E-state index contributed by atoms with van der Waals surface area (Å²) in [5, 5.41) is 7.30. The number of fused-ring (bicyclic) bond motifs is 6. The van der Waals surface area contributed by atoms with Crippen molar-refractivity contribution in [3.05, 3.63) is 101 Å². The molecule has 0 radical (unpaired) electrons. The highest BCUT2D eigenvalue weighted by atomic mass is 35.5. The Bertz CT molecular complexity index is 2590. The molecule has 0 spiro atoms. The number of nitrogen functional groups attached to an aromatic ring is 1. The largest absolute Gasteiger partial charge is 0.491 e. The van der Waals surface area contributed by atoms with E-state index in [0.717, 1.165) is 70.0 Å². The fourth-order valence-electron chi connectivity index (χ4n) is 9.97. The number of hydrogen-bond acceptors (Lipinski definition) is 13. The molecule has 4 bridgehead atoms. The minimum Gasteiger partial charge on any atom is -0.491 e. The van der Waals surface area contributed by atoms with Gasteiger partial charge in [-0.2, -0.15) is 4.98 Å². The van der Waals surface area contributed by atoms with Crippen molar-refractivity contribution in [1.29, 1.82) is 0 Å². The molecular formula is C51H62ClN11O4. The van der Waals surface area contributed by atoms with Gasteiger partial charge in [0, 0.05) is 83.7 Å². The van der Waals surface area contributed by atoms with Gasteiger partial charge in [0.25, 0.3) is 0 Å². The zero-order chi connectivity index (χ0) is 47.5. The number of aromatic nitrogens is 4. The zero-order valence-electron chi connectivity index (χ0n) is 39.6. The number of rotatable bonds is 12. The minimum absolute atomic E-state index is 0.0142. The van der Waals surface area contributed by atoms with Crippen molar-refractivity contribution in [2.75, 3.05) is 44.6 Å². The third-order valence-corrected chi connectivity index (χ3v) is 13.0. The highest BCUT2D eigenvalue weighted by Crippen LogP contribution is 2.48. The van der Waals surface area contributed by atoms with Crippen molar-refractivity contribution >= 4 is 64.5 Å². The third kappa shape index (κ3) is 10.8. The lowest BCUT2D eigenvalue weighted by Gasteiger charge is -2.30. The predicted molar refractivity (Wildman–Crippen MR) is 265 cm³/mol. The summed E-state index contributed by atoms with van der Waals surface area (Å²) in [4.78, 5) is 56.1. The molecule has 8 unspecified atom stereocenters. The SMILES string of the molecule is CC(C)Oc1cccc(Cc2nc3c(c(NC4C5C=CC(C5)C4C(=O)N(C)C)n2)N=CC3)c1.CC(C)Oc1cccc(N)c1.CN(C)C(=O)C1C2C=CC(C2)C1Nc1nc(Cl)nc2c1N=CC2. The Hall–Kier alpha value is -6.35. The number of nitrogens with zero attached hydrogens (tertiary/aromatic N) is 8. The number of nitrogens with two attached hydrogens (primary N) is 1. The van der Waals surface area contributed by atoms with Gasteiger partial charge >= 0.3 is 0 Å². The summed E-state index contributed by atoms with van der Waals surface area (Å²) in [6.07, 6.45) is 16.8. The lowest BCUT2D eigenvalue weighted by atomic mass is 9.87. The molecule has 6 aliphatic rings. The van der Waals surface area contributed by atoms with Gasteiger partial charge in [-0.3, -0.25) is 19.6 Å². The van der Waals surface area contributed by atoms with E-state index >= 15 is 0 Å². The molecule has 4 heterocycles. The van der Waals surface area contributed by atoms with E-state index in [1.165, 1.54) is 0 Å². The van der Waals surface area contributed by atoms with Crippen LogP contribution in [0, 0.1) is 35.5 Å². The molecule has 16 heteroatoms. The number of amides is 2. The second-order valence-corrected chi connectivity index (χ2v) is 19.3. The first kappa shape index (κ1) is 47.2. The van der Waals surface area contributed by atoms with Gasteiger partial charge in [0.2, 0.25) is 17.1 Å². The van der Waals surface area contributed by atoms with Crippen molar-refractivity contribution in [2.24, 2.45) is 45.5 Å². The van der Waals surface area contributed by atoms with E-state index in [2.05, 4.69) is 61.0 Å². The van der Waals surface area contributed by atoms with Crippen LogP contribution in [0.15, 0.2) is 82.8 Å². The summed E-state index contributed by atoms with van der Waals surface area (Å²) in [6, 6.07) is 15.6. The summed E-state index contributed by atoms with van der Waals surface area (Å²) in [5.41, 5.74) is 10.7. The fraction of sp³-hybridized carbons (Fsp3) is 0.451. The van der Waals surface area contributed by atoms with E-state index < -0.39 is 0 Å². The highest BCUT2D eigenvalue weighted by molar-refractivity contribution is 6.28. The Labute approximate surface area is 398 Å². The van der Waals surface area contributed by atoms with Crippen LogP contribution in [-0.2, 0) is 28.9 Å². The van der Waals surface area contributed by atoms with Crippen molar-refractivity contribution in [3.63, 3.8) is 0 Å². The van der Waals surface area contributed by atoms with Crippen molar-refractivity contribution in [3.8, 4) is 11.5 Å². The van der Waals surface area contributed by atoms with Gasteiger partial charge < -0.3 is 35.6 Å². The number of nitrogens with one attached hydrogen (secondary N) is 2. The topological polar surface area (TPSA) is 185 Å². The standard InChI is InChI=1S/C26H31N5O2.C16H18ClN5O.C9H13NO/c1-15(2)33-19-7-5-6-16(12-19)13-21-28-20-10-11-27-24(20)25(29-21)30-23-18-9-8-17(14-18)22(23)26(32)31(3)4;1-22(2)15(23)11-8-3-4-9(7-8)12(11)20-14-13-10(5-6-18-13)19-16(17)21-14;1-7(2)11-9-5-3-4-8(10)6-9/h5-9,11-12,15,17-18,22-23H,10,13-14H2,1-4H3,(H,28,29,30);3-4,6,8-9,11-12H,5,7H2,1-2H3,(H,19,20,21);3-7H,10H2,1-2H3. The maximum Gasteiger partial charge on any atom is 0.227 e. The maximum atomic E-state index is 13.0. The molecule has 8 atom stereocenters. The van der Waals surface area contributed by atoms with E-state index in [9.17, 15) is 9.59 Å². The van der Waals surface area contributed by atoms with E-state index in [-0.39, 0.29) is 59.1 Å². The van der Waals surface area contributed by atoms with Crippen LogP contribution in [0.25, 0.3) is 0 Å². The monoisotopic (exact) mass is 927 g/mol. The lowest BCUT2D eigenvalue weighted by molar-refractivity contribution is -0.134. The number of anilines is 3. The van der Waals surface area contributed by atoms with Gasteiger partial charge in [0.15, 0.2) is 11.6 Å². The van der Waals surface area contributed by atoms with Crippen molar-refractivity contribution in [1.82, 2.24) is 29.7 Å². The molecule has 15 nitrogen and oxygen atoms in total. The second kappa shape index (κ2) is 20.3. The molecule has 4 N–H and O–H groups in total. The molecule has 2 fully saturated rings. The summed E-state index contributed by atoms with van der Waals surface area (Å²) >= 11 is 6.04. The molecule has 2 saturated carbocycles. The molecule has 2 aromatic heterocycles. The van der Waals surface area contributed by atoms with E-state index in [4.69, 9.17) is 36.8 Å². The average molecular weight is 929 g/mol. The zero-order valence-corrected chi connectivity index (χ0v) is 40.3. The van der Waals surface area contributed by atoms with Crippen LogP contribution in [0.2, 0.25) is 5.28 Å². The molecule has 10 rings (SSSR count). The van der Waals surface area contributed by atoms with Gasteiger partial charge in [0.1, 0.15) is 28.7 Å². The quantitative estimate of drug-likeness (QED) is 0.0712. The number of carbonyl (C=O) groups excluding carboxylic acids is 2. The molecule has 0 saturated heterocycles. The molecule has 2 aliphatic heterocycles. The summed E-state index contributed by atoms with van der Waals surface area (Å²) < 4.78 is 11.3. The van der Waals surface area contributed by atoms with Crippen LogP contribution < -0.4 is 25.8 Å². The Kier molecular flexibility index (Phi) is 14.3. The number of allylic oxidation sites excluding steroid dienone is 2. The Morgan fingerprint density at radius 1 is 0.687 bits per heavy atom. The summed E-state index contributed by atoms with van der Waals surface area (Å²) in [6.45, 7) is 8.02. The first-order valence-electron chi connectivity index (χ1n) is 23.2. The van der Waals surface area contributed by atoms with E-state index in [1.54, 1.807) is 23.9 Å². The first-order chi connectivity index (χ1) is 32.1. The van der Waals surface area contributed by atoms with Crippen LogP contribution in [0.5, 0.6) is 11.5 Å². The van der Waals surface area contributed by atoms with E-state index in [0.29, 0.717) is 42.8 Å². The normalized spacial score (nSPS) is 23.9. The fourth-order valence-corrected chi connectivity index (χ4v) is 10.2. The van der Waals surface area contributed by atoms with Gasteiger partial charge in [-0.05, 0) is 106 Å². The second-order valence-electron chi connectivity index (χ2n) is 18.9. The van der Waals surface area contributed by atoms with Crippen molar-refractivity contribution in [2.45, 2.75) is 84.1 Å². The maximum absolute atomic E-state index is 13.0. The van der Waals surface area contributed by atoms with Gasteiger partial charge in [0.05, 0.1) is 35.4 Å². The van der Waals surface area contributed by atoms with Crippen LogP contribution in [0.1, 0.15) is 63.3 Å². The Morgan fingerprint density at radius 2 is 1.18 bits per heavy atom. The van der Waals surface area contributed by atoms with Gasteiger partial charge in [-0.25, -0.2) is 15.0 Å². The summed E-state index contributed by atoms with van der Waals surface area (Å²) in [5.74, 6) is 5.20. The molecule has 4 aliphatic carbocycles. The first-order valence-corrected chi connectivity index (χ1v) is 23.6. The van der Waals surface area contributed by atoms with Crippen LogP contribution >= 0.6 is 11.6 Å². The predicted octanol–water partition coefficient (Wildman–Crippen LogP) is 7.94. The Balaban J connectivity index is 0.000000154. The van der Waals surface area contributed by atoms with Gasteiger partial charge in [-0.15, -0.1) is 0 Å². The Morgan fingerprint density at radius 3 is 1.70 bits per heavy atom.